The highest BCUT2D eigenvalue weighted by Crippen LogP contribution is 2.50. The second kappa shape index (κ2) is 53.0. The summed E-state index contributed by atoms with van der Waals surface area (Å²) in [6, 6.07) is 45.6. The number of esters is 4. The molecule has 740 valence electrons. The van der Waals surface area contributed by atoms with Crippen LogP contribution in [0.3, 0.4) is 0 Å². The van der Waals surface area contributed by atoms with Crippen LogP contribution in [0.1, 0.15) is 170 Å². The lowest BCUT2D eigenvalue weighted by atomic mass is 9.82. The molecule has 8 aromatic rings. The molecular formula is C106H110N16O17S4. The lowest BCUT2D eigenvalue weighted by molar-refractivity contribution is -0.140. The minimum absolute atomic E-state index is 0.0872. The van der Waals surface area contributed by atoms with Gasteiger partial charge in [0.25, 0.3) is 0 Å². The fourth-order valence-corrected chi connectivity index (χ4v) is 19.5. The van der Waals surface area contributed by atoms with Gasteiger partial charge in [-0.15, -0.1) is 0 Å². The fraction of sp³-hybridized carbons (Fsp3) is 0.321. The van der Waals surface area contributed by atoms with E-state index in [9.17, 15) is 61.3 Å². The molecule has 33 nitrogen and oxygen atoms in total. The van der Waals surface area contributed by atoms with Crippen molar-refractivity contribution in [1.29, 1.82) is 42.1 Å². The molecule has 4 aliphatic heterocycles. The highest BCUT2D eigenvalue weighted by molar-refractivity contribution is 8.00. The minimum Gasteiger partial charge on any atom is -0.496 e. The van der Waals surface area contributed by atoms with Gasteiger partial charge in [0.15, 0.2) is 0 Å². The number of nitrogens with zero attached hydrogens (tertiary/aromatic N) is 12. The Bertz CT molecular complexity index is 6110. The van der Waals surface area contributed by atoms with E-state index >= 15 is 0 Å². The number of nitrogens with two attached hydrogens (primary N) is 4. The first-order chi connectivity index (χ1) is 68.5. The number of carbonyl (C=O) groups is 4. The van der Waals surface area contributed by atoms with Crippen molar-refractivity contribution in [2.24, 2.45) is 22.9 Å². The Kier molecular flexibility index (Phi) is 41.7. The SMILES string of the molecule is CCO.CCOC(=O)C1=C(CSc2nc(C)c(C)c(C)c2C#N)OC(N)=C(C#N)C1c1ccccc1OC.CCOC(=O)C1=C(CSc2nc(C)c(C)c(C)c2C#N)OC(N)=C(C#N)C1c1ccccc1OC.CCOC(=O)C1=C(CSc2nc(C)c(C)c(C)c2C#N)OC(N)=C(C#N)C1c1ccccc1OC.CCOC(=O)C1=C(CSc2nc(C)c(C)c(C)c2C#N)OC(N)=C(C#N)C1c1ccccc1OC. The molecular weight excluding hydrogens is 1900 g/mol. The molecule has 4 aromatic heterocycles. The molecule has 4 aromatic carbocycles. The predicted molar refractivity (Wildman–Crippen MR) is 538 cm³/mol. The molecule has 4 aliphatic rings. The summed E-state index contributed by atoms with van der Waals surface area (Å²) in [6.45, 7) is 32.0. The van der Waals surface area contributed by atoms with Crippen LogP contribution in [0.2, 0.25) is 0 Å². The number of carbonyl (C=O) groups excluding carboxylic acids is 4. The summed E-state index contributed by atoms with van der Waals surface area (Å²) in [7, 11) is 6.05. The quantitative estimate of drug-likeness (QED) is 0.0173. The van der Waals surface area contributed by atoms with Crippen LogP contribution >= 0.6 is 47.0 Å². The van der Waals surface area contributed by atoms with Crippen LogP contribution in [0.4, 0.5) is 0 Å². The predicted octanol–water partition coefficient (Wildman–Crippen LogP) is 17.2. The molecule has 4 unspecified atom stereocenters. The van der Waals surface area contributed by atoms with Crippen molar-refractivity contribution in [1.82, 2.24) is 19.9 Å². The van der Waals surface area contributed by atoms with Crippen molar-refractivity contribution in [3.63, 3.8) is 0 Å². The van der Waals surface area contributed by atoms with Crippen LogP contribution in [0.25, 0.3) is 0 Å². The van der Waals surface area contributed by atoms with Gasteiger partial charge in [0.1, 0.15) is 137 Å². The minimum atomic E-state index is -0.843. The van der Waals surface area contributed by atoms with Gasteiger partial charge in [-0.25, -0.2) is 39.1 Å². The van der Waals surface area contributed by atoms with Gasteiger partial charge in [-0.2, -0.15) is 42.1 Å². The summed E-state index contributed by atoms with van der Waals surface area (Å²) < 4.78 is 66.7. The Labute approximate surface area is 849 Å². The topological polar surface area (TPSA) is 545 Å². The van der Waals surface area contributed by atoms with Crippen LogP contribution in [0, 0.1) is 174 Å². The number of benzene rings is 4. The van der Waals surface area contributed by atoms with Crippen molar-refractivity contribution in [3.05, 3.63) is 300 Å². The van der Waals surface area contributed by atoms with Crippen molar-refractivity contribution >= 4 is 70.9 Å². The third-order valence-corrected chi connectivity index (χ3v) is 27.3. The van der Waals surface area contributed by atoms with Crippen LogP contribution < -0.4 is 41.9 Å². The maximum atomic E-state index is 13.2. The first kappa shape index (κ1) is 112. The van der Waals surface area contributed by atoms with Crippen molar-refractivity contribution in [2.45, 2.75) is 161 Å². The van der Waals surface area contributed by atoms with E-state index in [1.165, 1.54) is 75.5 Å². The summed E-state index contributed by atoms with van der Waals surface area (Å²) in [5, 5.41) is 88.1. The van der Waals surface area contributed by atoms with E-state index in [0.717, 1.165) is 67.3 Å². The number of thioether (sulfide) groups is 4. The Morgan fingerprint density at radius 1 is 0.315 bits per heavy atom. The first-order valence-electron chi connectivity index (χ1n) is 44.6. The molecule has 12 rings (SSSR count). The Hall–Kier alpha value is -15.8. The third kappa shape index (κ3) is 25.5. The molecule has 0 fully saturated rings. The zero-order valence-corrected chi connectivity index (χ0v) is 86.5. The number of hydrogen-bond donors (Lipinski definition) is 5. The van der Waals surface area contributed by atoms with E-state index in [1.807, 2.05) is 83.1 Å². The molecule has 0 amide bonds. The molecule has 0 aliphatic carbocycles. The number of aryl methyl sites for hydroxylation is 4. The molecule has 143 heavy (non-hydrogen) atoms. The number of rotatable bonds is 28. The van der Waals surface area contributed by atoms with E-state index in [-0.39, 0.29) is 147 Å². The summed E-state index contributed by atoms with van der Waals surface area (Å²) >= 11 is 5.02. The van der Waals surface area contributed by atoms with E-state index in [0.29, 0.717) is 87.6 Å². The molecule has 0 saturated heterocycles. The third-order valence-electron chi connectivity index (χ3n) is 23.4. The molecule has 0 spiro atoms. The van der Waals surface area contributed by atoms with Crippen LogP contribution in [0.15, 0.2) is 208 Å². The Morgan fingerprint density at radius 2 is 0.490 bits per heavy atom. The zero-order chi connectivity index (χ0) is 105. The summed E-state index contributed by atoms with van der Waals surface area (Å²) in [4.78, 5) is 71.1. The second-order valence-electron chi connectivity index (χ2n) is 31.3. The molecule has 0 bridgehead atoms. The number of ether oxygens (including phenoxy) is 12. The summed E-state index contributed by atoms with van der Waals surface area (Å²) in [6.07, 6.45) is 0. The summed E-state index contributed by atoms with van der Waals surface area (Å²) in [5.74, 6) is -2.77. The Morgan fingerprint density at radius 3 is 0.643 bits per heavy atom. The van der Waals surface area contributed by atoms with Crippen molar-refractivity contribution < 1.29 is 81.1 Å². The van der Waals surface area contributed by atoms with E-state index in [2.05, 4.69) is 68.5 Å². The van der Waals surface area contributed by atoms with Gasteiger partial charge in [-0.3, -0.25) is 0 Å². The maximum absolute atomic E-state index is 13.2. The number of aliphatic hydroxyl groups is 1. The Balaban J connectivity index is 0.000000231. The zero-order valence-electron chi connectivity index (χ0n) is 83.2. The first-order valence-corrected chi connectivity index (χ1v) is 48.6. The van der Waals surface area contributed by atoms with E-state index < -0.39 is 47.5 Å². The van der Waals surface area contributed by atoms with Crippen LogP contribution in [0.5, 0.6) is 23.0 Å². The molecule has 0 saturated carbocycles. The van der Waals surface area contributed by atoms with E-state index in [4.69, 9.17) is 84.9 Å². The number of aliphatic hydroxyl groups excluding tert-OH is 1. The number of hydrogen-bond acceptors (Lipinski definition) is 37. The van der Waals surface area contributed by atoms with Gasteiger partial charge < -0.3 is 84.9 Å². The lowest BCUT2D eigenvalue weighted by Crippen LogP contribution is -2.27. The largest absolute Gasteiger partial charge is 0.496 e. The highest BCUT2D eigenvalue weighted by Gasteiger charge is 2.45. The molecule has 37 heteroatoms. The van der Waals surface area contributed by atoms with Crippen LogP contribution in [-0.4, -0.2) is 133 Å². The normalized spacial score (nSPS) is 15.0. The van der Waals surface area contributed by atoms with Crippen molar-refractivity contribution in [3.8, 4) is 71.6 Å². The number of para-hydroxylation sites is 4. The molecule has 0 radical (unpaired) electrons. The molecule has 8 heterocycles. The van der Waals surface area contributed by atoms with Crippen LogP contribution in [-0.2, 0) is 57.1 Å². The van der Waals surface area contributed by atoms with Crippen molar-refractivity contribution in [2.75, 3.05) is 84.5 Å². The maximum Gasteiger partial charge on any atom is 0.338 e. The average molecular weight is 2010 g/mol. The number of aromatic nitrogens is 4. The van der Waals surface area contributed by atoms with Gasteiger partial charge in [-0.05, 0) is 186 Å². The number of nitriles is 8. The highest BCUT2D eigenvalue weighted by atomic mass is 32.2. The fourth-order valence-electron chi connectivity index (χ4n) is 15.4. The van der Waals surface area contributed by atoms with Gasteiger partial charge in [0.05, 0.1) is 146 Å². The number of pyridine rings is 4. The molecule has 4 atom stereocenters. The summed E-state index contributed by atoms with van der Waals surface area (Å²) in [5.41, 5.74) is 40.3. The number of allylic oxidation sites excluding steroid dienone is 4. The van der Waals surface area contributed by atoms with Gasteiger partial charge >= 0.3 is 23.9 Å². The van der Waals surface area contributed by atoms with Gasteiger partial charge in [0.2, 0.25) is 23.5 Å². The monoisotopic (exact) mass is 2010 g/mol. The van der Waals surface area contributed by atoms with E-state index in [1.54, 1.807) is 132 Å². The standard InChI is InChI=1S/4C26H26N4O4S.C2H6O/c4*1-6-33-26(31)23-21(13-35-25-18(11-27)15(3)14(2)16(4)30-25)34-24(29)19(12-28)22(23)17-9-7-8-10-20(17)32-5;1-2-3/h4*7-10,22H,6,13,29H2,1-5H3;3H,2H2,1H3. The van der Waals surface area contributed by atoms with Gasteiger partial charge in [-0.1, -0.05) is 120 Å². The lowest BCUT2D eigenvalue weighted by Gasteiger charge is -2.29. The molecule has 9 N–H and O–H groups in total. The smallest absolute Gasteiger partial charge is 0.338 e. The average Bonchev–Trinajstić information content (AvgIpc) is 0.769. The second-order valence-corrected chi connectivity index (χ2v) is 35.2. The number of methoxy groups -OCH3 is 4. The van der Waals surface area contributed by atoms with Gasteiger partial charge in [0, 0.05) is 51.6 Å².